The Bertz CT molecular complexity index is 786. The number of thiophene rings is 1. The van der Waals surface area contributed by atoms with Gasteiger partial charge in [0.15, 0.2) is 0 Å². The maximum absolute atomic E-state index is 12.6. The Labute approximate surface area is 158 Å². The van der Waals surface area contributed by atoms with Gasteiger partial charge in [0.25, 0.3) is 0 Å². The molecule has 1 N–H and O–H groups in total. The van der Waals surface area contributed by atoms with E-state index < -0.39 is 10.0 Å². The number of pyridine rings is 1. The van der Waals surface area contributed by atoms with Gasteiger partial charge >= 0.3 is 0 Å². The highest BCUT2D eigenvalue weighted by Gasteiger charge is 2.26. The van der Waals surface area contributed by atoms with Crippen LogP contribution in [0.3, 0.4) is 0 Å². The van der Waals surface area contributed by atoms with Crippen molar-refractivity contribution in [3.63, 3.8) is 0 Å². The summed E-state index contributed by atoms with van der Waals surface area (Å²) in [6, 6.07) is 7.71. The second-order valence-electron chi connectivity index (χ2n) is 6.27. The third-order valence-corrected chi connectivity index (χ3v) is 7.17. The van der Waals surface area contributed by atoms with E-state index in [1.165, 1.54) is 15.4 Å². The summed E-state index contributed by atoms with van der Waals surface area (Å²) in [6.07, 6.45) is 1.42. The van der Waals surface area contributed by atoms with Crippen molar-refractivity contribution >= 4 is 27.2 Å². The van der Waals surface area contributed by atoms with E-state index in [0.717, 1.165) is 0 Å². The normalized spacial score (nSPS) is 17.3. The molecule has 2 aromatic rings. The molecule has 9 heteroatoms. The summed E-state index contributed by atoms with van der Waals surface area (Å²) in [7, 11) is 0.576. The van der Waals surface area contributed by atoms with Crippen LogP contribution in [-0.2, 0) is 14.8 Å². The maximum Gasteiger partial charge on any atom is 0.244 e. The van der Waals surface area contributed by atoms with E-state index in [0.29, 0.717) is 38.7 Å². The van der Waals surface area contributed by atoms with Gasteiger partial charge in [-0.15, -0.1) is 11.3 Å². The molecule has 0 unspecified atom stereocenters. The molecule has 1 atom stereocenters. The maximum atomic E-state index is 12.6. The molecule has 142 valence electrons. The average Bonchev–Trinajstić information content (AvgIpc) is 3.17. The minimum atomic E-state index is -3.50. The Hall–Kier alpha value is -1.52. The summed E-state index contributed by atoms with van der Waals surface area (Å²) in [5, 5.41) is 5.36. The van der Waals surface area contributed by atoms with E-state index in [1.807, 2.05) is 20.2 Å². The van der Waals surface area contributed by atoms with E-state index in [-0.39, 0.29) is 10.9 Å². The molecule has 0 radical (unpaired) electrons. The predicted molar refractivity (Wildman–Crippen MR) is 103 cm³/mol. The van der Waals surface area contributed by atoms with Gasteiger partial charge < -0.3 is 15.0 Å². The molecule has 1 aliphatic heterocycles. The van der Waals surface area contributed by atoms with Crippen LogP contribution in [0, 0.1) is 0 Å². The van der Waals surface area contributed by atoms with Crippen molar-refractivity contribution < 1.29 is 13.2 Å². The number of sulfonamides is 1. The first-order valence-corrected chi connectivity index (χ1v) is 10.8. The number of aromatic nitrogens is 1. The fraction of sp³-hybridized carbons (Fsp3) is 0.471. The first kappa shape index (κ1) is 19.2. The lowest BCUT2D eigenvalue weighted by Crippen LogP contribution is -2.40. The molecule has 0 spiro atoms. The smallest absolute Gasteiger partial charge is 0.244 e. The van der Waals surface area contributed by atoms with Crippen LogP contribution in [-0.4, -0.2) is 69.6 Å². The van der Waals surface area contributed by atoms with Crippen molar-refractivity contribution in [2.45, 2.75) is 10.9 Å². The number of morpholine rings is 1. The second kappa shape index (κ2) is 8.45. The zero-order valence-corrected chi connectivity index (χ0v) is 16.6. The summed E-state index contributed by atoms with van der Waals surface area (Å²) in [5.41, 5.74) is 0. The fourth-order valence-electron chi connectivity index (χ4n) is 2.79. The number of nitrogens with zero attached hydrogens (tertiary/aromatic N) is 3. The molecule has 1 saturated heterocycles. The van der Waals surface area contributed by atoms with Crippen LogP contribution >= 0.6 is 11.3 Å². The number of nitrogens with one attached hydrogen (secondary N) is 1. The molecule has 3 rings (SSSR count). The number of hydrogen-bond donors (Lipinski definition) is 1. The van der Waals surface area contributed by atoms with Gasteiger partial charge in [0.1, 0.15) is 10.7 Å². The van der Waals surface area contributed by atoms with Gasteiger partial charge in [0.2, 0.25) is 10.0 Å². The van der Waals surface area contributed by atoms with Crippen LogP contribution < -0.4 is 5.32 Å². The van der Waals surface area contributed by atoms with Crippen molar-refractivity contribution in [3.8, 4) is 0 Å². The molecule has 0 saturated carbocycles. The van der Waals surface area contributed by atoms with Crippen molar-refractivity contribution in [2.75, 3.05) is 52.3 Å². The average molecular weight is 397 g/mol. The zero-order valence-electron chi connectivity index (χ0n) is 15.0. The summed E-state index contributed by atoms with van der Waals surface area (Å²) < 4.78 is 31.9. The van der Waals surface area contributed by atoms with Gasteiger partial charge in [-0.25, -0.2) is 13.4 Å². The highest BCUT2D eigenvalue weighted by atomic mass is 32.2. The molecule has 0 aromatic carbocycles. The molecule has 1 aliphatic rings. The fourth-order valence-corrected chi connectivity index (χ4v) is 5.07. The van der Waals surface area contributed by atoms with Gasteiger partial charge in [-0.1, -0.05) is 6.07 Å². The topological polar surface area (TPSA) is 74.8 Å². The largest absolute Gasteiger partial charge is 0.379 e. The van der Waals surface area contributed by atoms with Gasteiger partial charge in [0.05, 0.1) is 19.3 Å². The molecule has 3 heterocycles. The van der Waals surface area contributed by atoms with Crippen LogP contribution in [0.1, 0.15) is 10.9 Å². The number of ether oxygens (including phenoxy) is 1. The first-order valence-electron chi connectivity index (χ1n) is 8.46. The Balaban J connectivity index is 1.66. The van der Waals surface area contributed by atoms with Gasteiger partial charge in [0, 0.05) is 30.7 Å². The molecular weight excluding hydrogens is 372 g/mol. The summed E-state index contributed by atoms with van der Waals surface area (Å²) >= 11 is 1.72. The number of rotatable bonds is 7. The van der Waals surface area contributed by atoms with E-state index in [4.69, 9.17) is 4.74 Å². The first-order chi connectivity index (χ1) is 12.5. The molecule has 26 heavy (non-hydrogen) atoms. The number of hydrogen-bond acceptors (Lipinski definition) is 7. The van der Waals surface area contributed by atoms with Gasteiger partial charge in [-0.2, -0.15) is 4.31 Å². The zero-order chi connectivity index (χ0) is 18.6. The molecule has 0 amide bonds. The molecule has 1 fully saturated rings. The molecule has 2 aromatic heterocycles. The predicted octanol–water partition coefficient (Wildman–Crippen LogP) is 1.88. The lowest BCUT2D eigenvalue weighted by Gasteiger charge is -2.26. The van der Waals surface area contributed by atoms with Crippen molar-refractivity contribution in [2.24, 2.45) is 0 Å². The van der Waals surface area contributed by atoms with Crippen LogP contribution in [0.25, 0.3) is 0 Å². The van der Waals surface area contributed by atoms with Gasteiger partial charge in [-0.3, -0.25) is 0 Å². The van der Waals surface area contributed by atoms with Crippen LogP contribution in [0.15, 0.2) is 40.7 Å². The highest BCUT2D eigenvalue weighted by Crippen LogP contribution is 2.24. The van der Waals surface area contributed by atoms with Crippen molar-refractivity contribution in [1.82, 2.24) is 14.2 Å². The van der Waals surface area contributed by atoms with E-state index in [2.05, 4.69) is 26.6 Å². The monoisotopic (exact) mass is 396 g/mol. The lowest BCUT2D eigenvalue weighted by molar-refractivity contribution is 0.0730. The molecular formula is C17H24N4O3S2. The van der Waals surface area contributed by atoms with E-state index >= 15 is 0 Å². The second-order valence-corrected chi connectivity index (χ2v) is 9.19. The summed E-state index contributed by atoms with van der Waals surface area (Å²) in [4.78, 5) is 7.93. The van der Waals surface area contributed by atoms with Crippen molar-refractivity contribution in [3.05, 3.63) is 40.7 Å². The highest BCUT2D eigenvalue weighted by molar-refractivity contribution is 7.89. The minimum Gasteiger partial charge on any atom is -0.379 e. The van der Waals surface area contributed by atoms with E-state index in [9.17, 15) is 8.42 Å². The number of likely N-dealkylation sites (N-methyl/N-ethyl adjacent to an activating group) is 1. The standard InChI is InChI=1S/C17H24N4O3S2/c1-20(2)15(16-4-3-11-25-16)13-19-17-6-5-14(12-18-17)26(22,23)21-7-9-24-10-8-21/h3-6,11-12,15H,7-10,13H2,1-2H3,(H,18,19)/t15-/m0/s1. The Morgan fingerprint density at radius 1 is 1.31 bits per heavy atom. The molecule has 0 aliphatic carbocycles. The third-order valence-electron chi connectivity index (χ3n) is 4.32. The van der Waals surface area contributed by atoms with Crippen LogP contribution in [0.4, 0.5) is 5.82 Å². The van der Waals surface area contributed by atoms with Crippen LogP contribution in [0.5, 0.6) is 0 Å². The molecule has 7 nitrogen and oxygen atoms in total. The summed E-state index contributed by atoms with van der Waals surface area (Å²) in [5.74, 6) is 0.661. The minimum absolute atomic E-state index is 0.215. The quantitative estimate of drug-likeness (QED) is 0.770. The number of anilines is 1. The van der Waals surface area contributed by atoms with E-state index in [1.54, 1.807) is 23.5 Å². The Morgan fingerprint density at radius 3 is 2.65 bits per heavy atom. The van der Waals surface area contributed by atoms with Crippen molar-refractivity contribution in [1.29, 1.82) is 0 Å². The Kier molecular flexibility index (Phi) is 6.25. The van der Waals surface area contributed by atoms with Crippen LogP contribution in [0.2, 0.25) is 0 Å². The summed E-state index contributed by atoms with van der Waals surface area (Å²) in [6.45, 7) is 2.32. The lowest BCUT2D eigenvalue weighted by atomic mass is 10.2. The Morgan fingerprint density at radius 2 is 2.08 bits per heavy atom. The third kappa shape index (κ3) is 4.41. The van der Waals surface area contributed by atoms with Gasteiger partial charge in [-0.05, 0) is 37.7 Å². The molecule has 0 bridgehead atoms. The SMILES string of the molecule is CN(C)[C@@H](CNc1ccc(S(=O)(=O)N2CCOCC2)cn1)c1cccs1.